The van der Waals surface area contributed by atoms with Crippen LogP contribution in [0.3, 0.4) is 0 Å². The molecule has 9 nitrogen and oxygen atoms in total. The molecule has 0 spiro atoms. The van der Waals surface area contributed by atoms with Crippen LogP contribution in [-0.4, -0.2) is 53.7 Å². The largest absolute Gasteiger partial charge is 0.480 e. The third kappa shape index (κ3) is 6.94. The zero-order chi connectivity index (χ0) is 31.6. The lowest BCUT2D eigenvalue weighted by atomic mass is 9.76. The van der Waals surface area contributed by atoms with Crippen molar-refractivity contribution in [1.29, 1.82) is 0 Å². The van der Waals surface area contributed by atoms with Crippen molar-refractivity contribution in [3.63, 3.8) is 0 Å². The number of amides is 2. The number of piperidine rings is 2. The van der Waals surface area contributed by atoms with Crippen LogP contribution in [0.4, 0.5) is 5.69 Å². The molecule has 3 N–H and O–H groups in total. The molecule has 1 aliphatic carbocycles. The Balaban J connectivity index is 1.27. The van der Waals surface area contributed by atoms with E-state index in [9.17, 15) is 27.9 Å². The second-order valence-electron chi connectivity index (χ2n) is 11.4. The molecule has 2 aliphatic heterocycles. The van der Waals surface area contributed by atoms with Gasteiger partial charge in [-0.2, -0.15) is 4.31 Å². The number of fused-ring (bicyclic) bond motifs is 3. The Kier molecular flexibility index (Phi) is 9.65. The number of anilines is 1. The van der Waals surface area contributed by atoms with Crippen molar-refractivity contribution in [2.75, 3.05) is 5.32 Å². The van der Waals surface area contributed by atoms with Gasteiger partial charge in [0.25, 0.3) is 0 Å². The van der Waals surface area contributed by atoms with Crippen LogP contribution in [0.1, 0.15) is 42.4 Å². The van der Waals surface area contributed by atoms with Crippen LogP contribution in [-0.2, 0) is 37.2 Å². The van der Waals surface area contributed by atoms with E-state index in [4.69, 9.17) is 23.2 Å². The average Bonchev–Trinajstić information content (AvgIpc) is 3.00. The van der Waals surface area contributed by atoms with Crippen LogP contribution in [0.5, 0.6) is 0 Å². The molecule has 2 atom stereocenters. The van der Waals surface area contributed by atoms with Gasteiger partial charge in [0.1, 0.15) is 12.1 Å². The summed E-state index contributed by atoms with van der Waals surface area (Å²) in [7, 11) is -3.98. The molecule has 2 heterocycles. The van der Waals surface area contributed by atoms with Gasteiger partial charge in [0.15, 0.2) is 0 Å². The Labute approximate surface area is 266 Å². The molecular weight excluding hydrogens is 625 g/mol. The Bertz CT molecular complexity index is 1640. The number of benzene rings is 3. The van der Waals surface area contributed by atoms with Crippen LogP contribution in [0.15, 0.2) is 71.6 Å². The number of aryl methyl sites for hydroxylation is 1. The van der Waals surface area contributed by atoms with Crippen molar-refractivity contribution in [1.82, 2.24) is 9.62 Å². The molecule has 0 aromatic heterocycles. The summed E-state index contributed by atoms with van der Waals surface area (Å²) in [6.07, 6.45) is 2.68. The fourth-order valence-electron chi connectivity index (χ4n) is 6.10. The number of sulfonamides is 1. The minimum Gasteiger partial charge on any atom is -0.480 e. The zero-order valence-electron chi connectivity index (χ0n) is 24.0. The number of carbonyl (C=O) groups excluding carboxylic acids is 2. The molecule has 12 heteroatoms. The molecule has 232 valence electrons. The first-order chi connectivity index (χ1) is 20.9. The highest BCUT2D eigenvalue weighted by Crippen LogP contribution is 2.43. The minimum absolute atomic E-state index is 0.0208. The van der Waals surface area contributed by atoms with E-state index in [0.717, 1.165) is 5.56 Å². The number of aliphatic carboxylic acids is 1. The molecule has 2 saturated heterocycles. The van der Waals surface area contributed by atoms with Gasteiger partial charge in [0.05, 0.1) is 11.3 Å². The second-order valence-corrected chi connectivity index (χ2v) is 14.0. The van der Waals surface area contributed by atoms with E-state index in [-0.39, 0.29) is 35.6 Å². The van der Waals surface area contributed by atoms with Gasteiger partial charge in [0, 0.05) is 28.2 Å². The highest BCUT2D eigenvalue weighted by Gasteiger charge is 2.51. The molecule has 2 amide bonds. The summed E-state index contributed by atoms with van der Waals surface area (Å²) in [5, 5.41) is 16.2. The van der Waals surface area contributed by atoms with Gasteiger partial charge in [-0.25, -0.2) is 13.2 Å². The molecule has 3 fully saturated rings. The standard InChI is InChI=1S/C32H33Cl2N3O6S/c1-19-5-15-24(16-6-19)44(42,43)37-23-13-9-21(10-14-23)30(37)31(39)36-28(32(40)41)17-20-7-11-22(12-8-20)35-29(38)18-25-26(33)3-2-4-27(25)34/h2-8,11-12,15-16,21,23,28,30H,9-10,13-14,17-18H2,1H3,(H,35,38)(H,36,39)(H,40,41)/t21?,23?,28-,30+/m0/s1. The van der Waals surface area contributed by atoms with Crippen molar-refractivity contribution in [3.8, 4) is 0 Å². The number of carboxylic acids is 1. The first-order valence-corrected chi connectivity index (χ1v) is 16.6. The number of halogens is 2. The topological polar surface area (TPSA) is 133 Å². The van der Waals surface area contributed by atoms with E-state index < -0.39 is 34.0 Å². The predicted molar refractivity (Wildman–Crippen MR) is 168 cm³/mol. The third-order valence-corrected chi connectivity index (χ3v) is 11.0. The van der Waals surface area contributed by atoms with Gasteiger partial charge in [-0.3, -0.25) is 9.59 Å². The monoisotopic (exact) mass is 657 g/mol. The summed E-state index contributed by atoms with van der Waals surface area (Å²) in [5.74, 6) is -2.36. The van der Waals surface area contributed by atoms with E-state index in [1.54, 1.807) is 66.7 Å². The maximum absolute atomic E-state index is 13.7. The van der Waals surface area contributed by atoms with Gasteiger partial charge >= 0.3 is 5.97 Å². The highest BCUT2D eigenvalue weighted by molar-refractivity contribution is 7.89. The Morgan fingerprint density at radius 3 is 2.14 bits per heavy atom. The van der Waals surface area contributed by atoms with Gasteiger partial charge in [-0.15, -0.1) is 0 Å². The molecule has 1 saturated carbocycles. The highest BCUT2D eigenvalue weighted by atomic mass is 35.5. The zero-order valence-corrected chi connectivity index (χ0v) is 26.3. The summed E-state index contributed by atoms with van der Waals surface area (Å²) >= 11 is 12.3. The predicted octanol–water partition coefficient (Wildman–Crippen LogP) is 5.23. The first kappa shape index (κ1) is 32.0. The SMILES string of the molecule is Cc1ccc(S(=O)(=O)N2C3CCC(CC3)[C@@H]2C(=O)N[C@@H](Cc2ccc(NC(=O)Cc3c(Cl)cccc3Cl)cc2)C(=O)O)cc1. The van der Waals surface area contributed by atoms with Crippen LogP contribution < -0.4 is 10.6 Å². The average molecular weight is 659 g/mol. The van der Waals surface area contributed by atoms with Crippen molar-refractivity contribution >= 4 is 56.7 Å². The summed E-state index contributed by atoms with van der Waals surface area (Å²) in [5.41, 5.74) is 2.54. The summed E-state index contributed by atoms with van der Waals surface area (Å²) < 4.78 is 28.8. The van der Waals surface area contributed by atoms with Crippen LogP contribution in [0, 0.1) is 12.8 Å². The van der Waals surface area contributed by atoms with E-state index in [0.29, 0.717) is 52.5 Å². The number of nitrogens with one attached hydrogen (secondary N) is 2. The van der Waals surface area contributed by atoms with E-state index >= 15 is 0 Å². The molecule has 0 radical (unpaired) electrons. The molecule has 3 aliphatic rings. The van der Waals surface area contributed by atoms with Gasteiger partial charge in [-0.1, -0.05) is 59.1 Å². The fourth-order valence-corrected chi connectivity index (χ4v) is 8.52. The molecular formula is C32H33Cl2N3O6S. The van der Waals surface area contributed by atoms with Gasteiger partial charge in [-0.05, 0) is 86.1 Å². The molecule has 44 heavy (non-hydrogen) atoms. The quantitative estimate of drug-likeness (QED) is 0.274. The first-order valence-electron chi connectivity index (χ1n) is 14.4. The Morgan fingerprint density at radius 1 is 0.932 bits per heavy atom. The number of rotatable bonds is 10. The molecule has 3 aromatic rings. The lowest BCUT2D eigenvalue weighted by molar-refractivity contribution is -0.143. The number of carboxylic acid groups (broad SMARTS) is 1. The summed E-state index contributed by atoms with van der Waals surface area (Å²) in [4.78, 5) is 38.6. The van der Waals surface area contributed by atoms with Crippen LogP contribution in [0.25, 0.3) is 0 Å². The molecule has 2 bridgehead atoms. The maximum Gasteiger partial charge on any atom is 0.326 e. The van der Waals surface area contributed by atoms with Crippen molar-refractivity contribution < 1.29 is 27.9 Å². The van der Waals surface area contributed by atoms with Crippen molar-refractivity contribution in [2.45, 2.75) is 68.5 Å². The molecule has 3 aromatic carbocycles. The summed E-state index contributed by atoms with van der Waals surface area (Å²) in [6, 6.07) is 15.5. The van der Waals surface area contributed by atoms with Crippen LogP contribution >= 0.6 is 23.2 Å². The van der Waals surface area contributed by atoms with E-state index in [2.05, 4.69) is 10.6 Å². The molecule has 0 unspecified atom stereocenters. The lowest BCUT2D eigenvalue weighted by Gasteiger charge is -2.49. The number of nitrogens with zero attached hydrogens (tertiary/aromatic N) is 1. The number of hydrogen-bond acceptors (Lipinski definition) is 5. The fraction of sp³-hybridized carbons (Fsp3) is 0.344. The smallest absolute Gasteiger partial charge is 0.326 e. The molecule has 6 rings (SSSR count). The van der Waals surface area contributed by atoms with Crippen molar-refractivity contribution in [2.24, 2.45) is 5.92 Å². The lowest BCUT2D eigenvalue weighted by Crippen LogP contribution is -2.63. The van der Waals surface area contributed by atoms with Gasteiger partial charge < -0.3 is 15.7 Å². The van der Waals surface area contributed by atoms with E-state index in [1.807, 2.05) is 6.92 Å². The van der Waals surface area contributed by atoms with Crippen LogP contribution in [0.2, 0.25) is 10.0 Å². The number of hydrogen-bond donors (Lipinski definition) is 3. The maximum atomic E-state index is 13.7. The second kappa shape index (κ2) is 13.3. The van der Waals surface area contributed by atoms with Crippen molar-refractivity contribution in [3.05, 3.63) is 93.5 Å². The normalized spacial score (nSPS) is 20.6. The van der Waals surface area contributed by atoms with Gasteiger partial charge in [0.2, 0.25) is 21.8 Å². The minimum atomic E-state index is -3.98. The Morgan fingerprint density at radius 2 is 1.55 bits per heavy atom. The summed E-state index contributed by atoms with van der Waals surface area (Å²) in [6.45, 7) is 1.86. The third-order valence-electron chi connectivity index (χ3n) is 8.38. The van der Waals surface area contributed by atoms with E-state index in [1.165, 1.54) is 4.31 Å². The number of carbonyl (C=O) groups is 3. The Hall–Kier alpha value is -3.44.